The summed E-state index contributed by atoms with van der Waals surface area (Å²) in [7, 11) is 4.42. The zero-order valence-electron chi connectivity index (χ0n) is 9.15. The van der Waals surface area contributed by atoms with E-state index in [1.54, 1.807) is 6.07 Å². The highest BCUT2D eigenvalue weighted by atomic mass is 35.5. The van der Waals surface area contributed by atoms with Crippen molar-refractivity contribution < 1.29 is 19.4 Å². The van der Waals surface area contributed by atoms with Crippen molar-refractivity contribution in [3.8, 4) is 17.2 Å². The van der Waals surface area contributed by atoms with E-state index in [1.807, 2.05) is 0 Å². The predicted molar refractivity (Wildman–Crippen MR) is 60.5 cm³/mol. The summed E-state index contributed by atoms with van der Waals surface area (Å²) in [4.78, 5) is 0. The molecule has 0 bridgehead atoms. The largest absolute Gasteiger partial charge is 0.496 e. The Kier molecular flexibility index (Phi) is 4.25. The molecule has 0 atom stereocenters. The number of halogens is 1. The first-order valence-electron chi connectivity index (χ1n) is 4.35. The monoisotopic (exact) mass is 245 g/mol. The summed E-state index contributed by atoms with van der Waals surface area (Å²) >= 11 is 6.03. The quantitative estimate of drug-likeness (QED) is 0.502. The molecule has 5 nitrogen and oxygen atoms in total. The van der Waals surface area contributed by atoms with E-state index in [1.165, 1.54) is 27.5 Å². The van der Waals surface area contributed by atoms with Crippen molar-refractivity contribution in [2.24, 2.45) is 5.16 Å². The lowest BCUT2D eigenvalue weighted by molar-refractivity contribution is 0.321. The summed E-state index contributed by atoms with van der Waals surface area (Å²) < 4.78 is 15.3. The second-order valence-electron chi connectivity index (χ2n) is 2.79. The summed E-state index contributed by atoms with van der Waals surface area (Å²) in [5.41, 5.74) is 0.443. The Bertz CT molecular complexity index is 406. The topological polar surface area (TPSA) is 60.3 Å². The summed E-state index contributed by atoms with van der Waals surface area (Å²) in [5, 5.41) is 11.8. The van der Waals surface area contributed by atoms with Crippen LogP contribution in [0.2, 0.25) is 5.02 Å². The molecule has 88 valence electrons. The van der Waals surface area contributed by atoms with Crippen molar-refractivity contribution in [2.45, 2.75) is 0 Å². The van der Waals surface area contributed by atoms with Crippen LogP contribution in [0.25, 0.3) is 0 Å². The Hall–Kier alpha value is -1.62. The van der Waals surface area contributed by atoms with Crippen LogP contribution in [0, 0.1) is 0 Å². The zero-order chi connectivity index (χ0) is 12.1. The second-order valence-corrected chi connectivity index (χ2v) is 3.16. The van der Waals surface area contributed by atoms with Crippen LogP contribution in [0.3, 0.4) is 0 Å². The molecule has 0 fully saturated rings. The van der Waals surface area contributed by atoms with Gasteiger partial charge in [-0.05, 0) is 0 Å². The van der Waals surface area contributed by atoms with Crippen LogP contribution in [0.1, 0.15) is 5.56 Å². The first-order chi connectivity index (χ1) is 7.69. The Balaban J connectivity index is 3.50. The molecule has 0 aliphatic carbocycles. The smallest absolute Gasteiger partial charge is 0.153 e. The number of benzene rings is 1. The van der Waals surface area contributed by atoms with Gasteiger partial charge in [0.15, 0.2) is 5.75 Å². The van der Waals surface area contributed by atoms with Gasteiger partial charge in [0.25, 0.3) is 0 Å². The van der Waals surface area contributed by atoms with E-state index in [9.17, 15) is 0 Å². The normalized spacial score (nSPS) is 10.5. The fraction of sp³-hybridized carbons (Fsp3) is 0.300. The van der Waals surface area contributed by atoms with Crippen LogP contribution in [0.4, 0.5) is 0 Å². The molecule has 16 heavy (non-hydrogen) atoms. The lowest BCUT2D eigenvalue weighted by Crippen LogP contribution is -1.99. The molecule has 0 aliphatic heterocycles. The Morgan fingerprint density at radius 3 is 2.25 bits per heavy atom. The standard InChI is InChI=1S/C10H12ClNO4/c1-14-7-4-8(15-2)9(11)10(16-3)6(7)5-12-13/h4-5,13H,1-3H3. The molecule has 0 heterocycles. The third kappa shape index (κ3) is 2.14. The number of rotatable bonds is 4. The SMILES string of the molecule is COc1cc(OC)c(C=NO)c(OC)c1Cl. The first-order valence-corrected chi connectivity index (χ1v) is 4.73. The second kappa shape index (κ2) is 5.46. The van der Waals surface area contributed by atoms with Gasteiger partial charge >= 0.3 is 0 Å². The van der Waals surface area contributed by atoms with E-state index in [4.69, 9.17) is 31.0 Å². The van der Waals surface area contributed by atoms with Gasteiger partial charge in [-0.25, -0.2) is 0 Å². The van der Waals surface area contributed by atoms with Crippen LogP contribution in [-0.2, 0) is 0 Å². The minimum Gasteiger partial charge on any atom is -0.496 e. The number of nitrogens with zero attached hydrogens (tertiary/aromatic N) is 1. The van der Waals surface area contributed by atoms with Crippen molar-refractivity contribution in [3.05, 3.63) is 16.7 Å². The van der Waals surface area contributed by atoms with E-state index < -0.39 is 0 Å². The van der Waals surface area contributed by atoms with Gasteiger partial charge in [-0.3, -0.25) is 0 Å². The maximum atomic E-state index is 8.56. The summed E-state index contributed by atoms with van der Waals surface area (Å²) in [6.07, 6.45) is 1.18. The van der Waals surface area contributed by atoms with Crippen LogP contribution < -0.4 is 14.2 Å². The molecule has 0 aliphatic rings. The average Bonchev–Trinajstić information content (AvgIpc) is 2.30. The van der Waals surface area contributed by atoms with Crippen molar-refractivity contribution in [1.82, 2.24) is 0 Å². The molecule has 0 saturated heterocycles. The zero-order valence-corrected chi connectivity index (χ0v) is 9.91. The van der Waals surface area contributed by atoms with Crippen molar-refractivity contribution in [2.75, 3.05) is 21.3 Å². The van der Waals surface area contributed by atoms with Crippen LogP contribution in [0.15, 0.2) is 11.2 Å². The summed E-state index contributed by atoms with van der Waals surface area (Å²) in [5.74, 6) is 1.19. The van der Waals surface area contributed by atoms with Crippen molar-refractivity contribution in [3.63, 3.8) is 0 Å². The number of methoxy groups -OCH3 is 3. The Morgan fingerprint density at radius 1 is 1.19 bits per heavy atom. The minimum atomic E-state index is 0.292. The van der Waals surface area contributed by atoms with Gasteiger partial charge in [-0.2, -0.15) is 0 Å². The molecular formula is C10H12ClNO4. The maximum Gasteiger partial charge on any atom is 0.153 e. The average molecular weight is 246 g/mol. The highest BCUT2D eigenvalue weighted by Gasteiger charge is 2.17. The number of ether oxygens (including phenoxy) is 3. The summed E-state index contributed by atoms with van der Waals surface area (Å²) in [6.45, 7) is 0. The molecule has 1 N–H and O–H groups in total. The lowest BCUT2D eigenvalue weighted by Gasteiger charge is -2.14. The first kappa shape index (κ1) is 12.4. The minimum absolute atomic E-state index is 0.292. The molecule has 0 saturated carbocycles. The molecule has 1 rings (SSSR count). The van der Waals surface area contributed by atoms with E-state index in [2.05, 4.69) is 5.16 Å². The molecule has 1 aromatic rings. The third-order valence-electron chi connectivity index (χ3n) is 2.02. The molecule has 6 heteroatoms. The molecule has 0 aromatic heterocycles. The highest BCUT2D eigenvalue weighted by molar-refractivity contribution is 6.34. The Morgan fingerprint density at radius 2 is 1.81 bits per heavy atom. The fourth-order valence-corrected chi connectivity index (χ4v) is 1.61. The van der Waals surface area contributed by atoms with Gasteiger partial charge in [0.1, 0.15) is 16.5 Å². The van der Waals surface area contributed by atoms with Gasteiger partial charge < -0.3 is 19.4 Å². The van der Waals surface area contributed by atoms with E-state index in [0.29, 0.717) is 27.8 Å². The molecule has 0 unspecified atom stereocenters. The number of hydrogen-bond acceptors (Lipinski definition) is 5. The number of oxime groups is 1. The number of hydrogen-bond donors (Lipinski definition) is 1. The maximum absolute atomic E-state index is 8.56. The van der Waals surface area contributed by atoms with Gasteiger partial charge in [0, 0.05) is 6.07 Å². The van der Waals surface area contributed by atoms with Crippen LogP contribution >= 0.6 is 11.6 Å². The van der Waals surface area contributed by atoms with Gasteiger partial charge in [-0.15, -0.1) is 0 Å². The molecule has 0 spiro atoms. The lowest BCUT2D eigenvalue weighted by atomic mass is 10.1. The van der Waals surface area contributed by atoms with Gasteiger partial charge in [0.05, 0.1) is 33.1 Å². The molecule has 1 aromatic carbocycles. The van der Waals surface area contributed by atoms with Gasteiger partial charge in [0.2, 0.25) is 0 Å². The molecular weight excluding hydrogens is 234 g/mol. The summed E-state index contributed by atoms with van der Waals surface area (Å²) in [6, 6.07) is 1.59. The van der Waals surface area contributed by atoms with Crippen molar-refractivity contribution >= 4 is 17.8 Å². The Labute approximate surface area is 98.2 Å². The predicted octanol–water partition coefficient (Wildman–Crippen LogP) is 2.17. The molecule has 0 radical (unpaired) electrons. The van der Waals surface area contributed by atoms with Crippen LogP contribution in [-0.4, -0.2) is 32.8 Å². The fourth-order valence-electron chi connectivity index (χ4n) is 1.30. The molecule has 0 amide bonds. The highest BCUT2D eigenvalue weighted by Crippen LogP contribution is 2.41. The van der Waals surface area contributed by atoms with Crippen LogP contribution in [0.5, 0.6) is 17.2 Å². The van der Waals surface area contributed by atoms with Crippen molar-refractivity contribution in [1.29, 1.82) is 0 Å². The van der Waals surface area contributed by atoms with E-state index in [-0.39, 0.29) is 0 Å². The van der Waals surface area contributed by atoms with E-state index in [0.717, 1.165) is 0 Å². The van der Waals surface area contributed by atoms with Gasteiger partial charge in [-0.1, -0.05) is 16.8 Å². The van der Waals surface area contributed by atoms with E-state index >= 15 is 0 Å². The third-order valence-corrected chi connectivity index (χ3v) is 2.38.